The van der Waals surface area contributed by atoms with Crippen molar-refractivity contribution in [2.75, 3.05) is 0 Å². The van der Waals surface area contributed by atoms with Crippen LogP contribution in [0.4, 0.5) is 0 Å². The molecule has 92 valence electrons. The Morgan fingerprint density at radius 3 is 2.56 bits per heavy atom. The Balaban J connectivity index is 2.46. The number of amides is 1. The Bertz CT molecular complexity index is 289. The second-order valence-electron chi connectivity index (χ2n) is 4.79. The number of nitrogens with one attached hydrogen (secondary N) is 1. The minimum absolute atomic E-state index is 0.0389. The highest BCUT2D eigenvalue weighted by molar-refractivity contribution is 5.85. The van der Waals surface area contributed by atoms with Crippen LogP contribution in [0.25, 0.3) is 0 Å². The van der Waals surface area contributed by atoms with Gasteiger partial charge in [-0.1, -0.05) is 6.92 Å². The van der Waals surface area contributed by atoms with Crippen LogP contribution in [0.3, 0.4) is 0 Å². The smallest absolute Gasteiger partial charge is 0.306 e. The summed E-state index contributed by atoms with van der Waals surface area (Å²) < 4.78 is 0. The molecule has 0 bridgehead atoms. The number of carboxylic acids is 1. The number of hydrogen-bond donors (Lipinski definition) is 3. The van der Waals surface area contributed by atoms with Gasteiger partial charge in [-0.15, -0.1) is 0 Å². The molecule has 1 saturated carbocycles. The van der Waals surface area contributed by atoms with E-state index in [1.54, 1.807) is 6.92 Å². The highest BCUT2D eigenvalue weighted by Gasteiger charge is 2.33. The summed E-state index contributed by atoms with van der Waals surface area (Å²) in [5.41, 5.74) is 4.94. The number of rotatable bonds is 4. The van der Waals surface area contributed by atoms with Gasteiger partial charge in [0.25, 0.3) is 0 Å². The van der Waals surface area contributed by atoms with Gasteiger partial charge in [-0.05, 0) is 32.6 Å². The third-order valence-electron chi connectivity index (χ3n) is 3.37. The maximum absolute atomic E-state index is 11.7. The van der Waals surface area contributed by atoms with Gasteiger partial charge < -0.3 is 16.2 Å². The molecule has 0 radical (unpaired) electrons. The first-order chi connectivity index (χ1) is 7.36. The lowest BCUT2D eigenvalue weighted by Gasteiger charge is -2.24. The quantitative estimate of drug-likeness (QED) is 0.652. The fourth-order valence-electron chi connectivity index (χ4n) is 1.85. The van der Waals surface area contributed by atoms with Gasteiger partial charge >= 0.3 is 5.97 Å². The molecule has 3 atom stereocenters. The fraction of sp³-hybridized carbons (Fsp3) is 0.818. The molecule has 0 aromatic heterocycles. The Kier molecular flexibility index (Phi) is 3.91. The first-order valence-corrected chi connectivity index (χ1v) is 5.69. The molecule has 16 heavy (non-hydrogen) atoms. The summed E-state index contributed by atoms with van der Waals surface area (Å²) in [7, 11) is 0. The SMILES string of the molecule is CCC(C)(N)C(=O)N[C@H]1CC[C@@H](C(=O)O)C1. The van der Waals surface area contributed by atoms with Gasteiger partial charge in [0, 0.05) is 6.04 Å². The lowest BCUT2D eigenvalue weighted by atomic mass is 9.99. The van der Waals surface area contributed by atoms with E-state index in [4.69, 9.17) is 10.8 Å². The third-order valence-corrected chi connectivity index (χ3v) is 3.37. The van der Waals surface area contributed by atoms with Crippen LogP contribution in [-0.2, 0) is 9.59 Å². The van der Waals surface area contributed by atoms with E-state index in [0.29, 0.717) is 19.3 Å². The minimum atomic E-state index is -0.860. The van der Waals surface area contributed by atoms with E-state index in [1.165, 1.54) is 0 Å². The van der Waals surface area contributed by atoms with Crippen LogP contribution >= 0.6 is 0 Å². The zero-order chi connectivity index (χ0) is 12.3. The van der Waals surface area contributed by atoms with Crippen molar-refractivity contribution in [1.82, 2.24) is 5.32 Å². The summed E-state index contributed by atoms with van der Waals surface area (Å²) >= 11 is 0. The van der Waals surface area contributed by atoms with E-state index in [9.17, 15) is 9.59 Å². The van der Waals surface area contributed by atoms with E-state index in [2.05, 4.69) is 5.32 Å². The predicted molar refractivity (Wildman–Crippen MR) is 59.8 cm³/mol. The summed E-state index contributed by atoms with van der Waals surface area (Å²) in [6.07, 6.45) is 2.44. The van der Waals surface area contributed by atoms with Crippen molar-refractivity contribution in [1.29, 1.82) is 0 Å². The summed E-state index contributed by atoms with van der Waals surface area (Å²) in [5, 5.41) is 11.7. The van der Waals surface area contributed by atoms with E-state index in [0.717, 1.165) is 6.42 Å². The Hall–Kier alpha value is -1.10. The molecule has 1 unspecified atom stereocenters. The Morgan fingerprint density at radius 2 is 2.12 bits per heavy atom. The molecule has 0 spiro atoms. The molecule has 5 heteroatoms. The van der Waals surface area contributed by atoms with Crippen molar-refractivity contribution in [2.24, 2.45) is 11.7 Å². The third kappa shape index (κ3) is 2.95. The van der Waals surface area contributed by atoms with Gasteiger partial charge in [0.1, 0.15) is 0 Å². The van der Waals surface area contributed by atoms with Gasteiger partial charge in [0.15, 0.2) is 0 Å². The molecule has 0 heterocycles. The average molecular weight is 228 g/mol. The number of hydrogen-bond acceptors (Lipinski definition) is 3. The van der Waals surface area contributed by atoms with Crippen molar-refractivity contribution < 1.29 is 14.7 Å². The van der Waals surface area contributed by atoms with Crippen molar-refractivity contribution in [3.63, 3.8) is 0 Å². The molecule has 1 amide bonds. The lowest BCUT2D eigenvalue weighted by molar-refractivity contribution is -0.141. The van der Waals surface area contributed by atoms with E-state index in [-0.39, 0.29) is 17.9 Å². The highest BCUT2D eigenvalue weighted by Crippen LogP contribution is 2.26. The number of aliphatic carboxylic acids is 1. The van der Waals surface area contributed by atoms with Crippen LogP contribution in [0.15, 0.2) is 0 Å². The molecule has 4 N–H and O–H groups in total. The Labute approximate surface area is 95.4 Å². The van der Waals surface area contributed by atoms with Gasteiger partial charge in [-0.25, -0.2) is 0 Å². The van der Waals surface area contributed by atoms with Crippen molar-refractivity contribution in [3.05, 3.63) is 0 Å². The monoisotopic (exact) mass is 228 g/mol. The topological polar surface area (TPSA) is 92.4 Å². The molecule has 5 nitrogen and oxygen atoms in total. The second kappa shape index (κ2) is 4.82. The molecule has 0 aromatic carbocycles. The Morgan fingerprint density at radius 1 is 1.50 bits per heavy atom. The standard InChI is InChI=1S/C11H20N2O3/c1-3-11(2,12)10(16)13-8-5-4-7(6-8)9(14)15/h7-8H,3-6,12H2,1-2H3,(H,13,16)(H,14,15)/t7-,8+,11?/m1/s1. The second-order valence-corrected chi connectivity index (χ2v) is 4.79. The summed E-state index contributed by atoms with van der Waals surface area (Å²) in [4.78, 5) is 22.5. The zero-order valence-corrected chi connectivity index (χ0v) is 9.82. The van der Waals surface area contributed by atoms with E-state index >= 15 is 0 Å². The van der Waals surface area contributed by atoms with Gasteiger partial charge in [0.05, 0.1) is 11.5 Å². The molecule has 0 aliphatic heterocycles. The minimum Gasteiger partial charge on any atom is -0.481 e. The molecule has 1 fully saturated rings. The van der Waals surface area contributed by atoms with Crippen molar-refractivity contribution in [3.8, 4) is 0 Å². The van der Waals surface area contributed by atoms with Crippen LogP contribution in [0.5, 0.6) is 0 Å². The lowest BCUT2D eigenvalue weighted by Crippen LogP contribution is -2.53. The van der Waals surface area contributed by atoms with Crippen LogP contribution in [-0.4, -0.2) is 28.6 Å². The average Bonchev–Trinajstić information content (AvgIpc) is 2.66. The van der Waals surface area contributed by atoms with Crippen LogP contribution in [0.2, 0.25) is 0 Å². The molecule has 0 saturated heterocycles. The van der Waals surface area contributed by atoms with Gasteiger partial charge in [0.2, 0.25) is 5.91 Å². The van der Waals surface area contributed by atoms with Gasteiger partial charge in [-0.3, -0.25) is 9.59 Å². The van der Waals surface area contributed by atoms with Crippen LogP contribution in [0.1, 0.15) is 39.5 Å². The molecule has 0 aromatic rings. The largest absolute Gasteiger partial charge is 0.481 e. The van der Waals surface area contributed by atoms with E-state index < -0.39 is 11.5 Å². The number of nitrogens with two attached hydrogens (primary N) is 1. The maximum Gasteiger partial charge on any atom is 0.306 e. The molecular weight excluding hydrogens is 208 g/mol. The summed E-state index contributed by atoms with van der Waals surface area (Å²) in [5.74, 6) is -1.29. The molecule has 1 aliphatic rings. The number of carbonyl (C=O) groups excluding carboxylic acids is 1. The van der Waals surface area contributed by atoms with Crippen molar-refractivity contribution >= 4 is 11.9 Å². The zero-order valence-electron chi connectivity index (χ0n) is 9.82. The number of carboxylic acid groups (broad SMARTS) is 1. The number of carbonyl (C=O) groups is 2. The molecular formula is C11H20N2O3. The molecule has 1 rings (SSSR count). The predicted octanol–water partition coefficient (Wildman–Crippen LogP) is 0.483. The van der Waals surface area contributed by atoms with Crippen molar-refractivity contribution in [2.45, 2.75) is 51.1 Å². The maximum atomic E-state index is 11.7. The van der Waals surface area contributed by atoms with Crippen LogP contribution < -0.4 is 11.1 Å². The molecule has 1 aliphatic carbocycles. The van der Waals surface area contributed by atoms with E-state index in [1.807, 2.05) is 6.92 Å². The van der Waals surface area contributed by atoms with Crippen LogP contribution in [0, 0.1) is 5.92 Å². The van der Waals surface area contributed by atoms with Gasteiger partial charge in [-0.2, -0.15) is 0 Å². The first kappa shape index (κ1) is 13.0. The summed E-state index contributed by atoms with van der Waals surface area (Å²) in [6, 6.07) is -0.0389. The summed E-state index contributed by atoms with van der Waals surface area (Å²) in [6.45, 7) is 3.54. The highest BCUT2D eigenvalue weighted by atomic mass is 16.4. The first-order valence-electron chi connectivity index (χ1n) is 5.69. The normalized spacial score (nSPS) is 28.4. The fourth-order valence-corrected chi connectivity index (χ4v) is 1.85.